The van der Waals surface area contributed by atoms with Gasteiger partial charge in [0.05, 0.1) is 13.2 Å². The fraction of sp³-hybridized carbons (Fsp3) is 0.688. The van der Waals surface area contributed by atoms with Gasteiger partial charge in [-0.1, -0.05) is 19.8 Å². The molecule has 1 fully saturated rings. The van der Waals surface area contributed by atoms with Crippen LogP contribution in [0.5, 0.6) is 0 Å². The van der Waals surface area contributed by atoms with E-state index in [1.54, 1.807) is 12.3 Å². The first kappa shape index (κ1) is 17.6. The van der Waals surface area contributed by atoms with Crippen molar-refractivity contribution in [3.05, 3.63) is 18.0 Å². The van der Waals surface area contributed by atoms with Crippen LogP contribution in [0.2, 0.25) is 0 Å². The van der Waals surface area contributed by atoms with E-state index < -0.39 is 0 Å². The second kappa shape index (κ2) is 10.1. The molecule has 1 aromatic rings. The Morgan fingerprint density at radius 3 is 2.91 bits per heavy atom. The van der Waals surface area contributed by atoms with E-state index in [0.717, 1.165) is 45.8 Å². The summed E-state index contributed by atoms with van der Waals surface area (Å²) in [5.41, 5.74) is 0.403. The van der Waals surface area contributed by atoms with E-state index in [-0.39, 0.29) is 5.91 Å². The molecule has 0 saturated carbocycles. The van der Waals surface area contributed by atoms with Crippen molar-refractivity contribution in [3.63, 3.8) is 0 Å². The summed E-state index contributed by atoms with van der Waals surface area (Å²) in [6.45, 7) is 7.84. The van der Waals surface area contributed by atoms with Crippen LogP contribution in [0, 0.1) is 0 Å². The first-order valence-electron chi connectivity index (χ1n) is 8.45. The topological polar surface area (TPSA) is 79.4 Å². The lowest BCUT2D eigenvalue weighted by atomic mass is 10.2. The Balaban J connectivity index is 1.72. The van der Waals surface area contributed by atoms with Crippen molar-refractivity contribution >= 4 is 11.9 Å². The lowest BCUT2D eigenvalue weighted by molar-refractivity contribution is 0.0383. The fourth-order valence-electron chi connectivity index (χ4n) is 2.39. The van der Waals surface area contributed by atoms with Crippen LogP contribution in [0.15, 0.2) is 12.3 Å². The van der Waals surface area contributed by atoms with Gasteiger partial charge in [-0.3, -0.25) is 9.69 Å². The Morgan fingerprint density at radius 1 is 1.30 bits per heavy atom. The van der Waals surface area contributed by atoms with Crippen molar-refractivity contribution in [1.29, 1.82) is 0 Å². The quantitative estimate of drug-likeness (QED) is 0.664. The number of carbonyl (C=O) groups excluding carboxylic acids is 1. The molecular formula is C16H27N5O2. The highest BCUT2D eigenvalue weighted by molar-refractivity contribution is 5.92. The standard InChI is InChI=1S/C16H27N5O2/c1-2-3-4-6-18-16-19-7-5-14(20-16)15(22)17-8-9-21-10-12-23-13-11-21/h5,7H,2-4,6,8-13H2,1H3,(H,17,22)(H,18,19,20). The summed E-state index contributed by atoms with van der Waals surface area (Å²) in [5, 5.41) is 6.07. The third kappa shape index (κ3) is 6.50. The predicted octanol–water partition coefficient (Wildman–Crippen LogP) is 1.14. The molecule has 2 heterocycles. The third-order valence-electron chi connectivity index (χ3n) is 3.77. The molecule has 0 atom stereocenters. The lowest BCUT2D eigenvalue weighted by Gasteiger charge is -2.26. The largest absolute Gasteiger partial charge is 0.379 e. The summed E-state index contributed by atoms with van der Waals surface area (Å²) < 4.78 is 5.30. The van der Waals surface area contributed by atoms with Crippen molar-refractivity contribution in [3.8, 4) is 0 Å². The number of nitrogens with one attached hydrogen (secondary N) is 2. The van der Waals surface area contributed by atoms with Crippen molar-refractivity contribution in [2.24, 2.45) is 0 Å². The van der Waals surface area contributed by atoms with Gasteiger partial charge in [0.2, 0.25) is 5.95 Å². The Bertz CT molecular complexity index is 477. The van der Waals surface area contributed by atoms with Gasteiger partial charge in [0.15, 0.2) is 0 Å². The van der Waals surface area contributed by atoms with Gasteiger partial charge in [0.25, 0.3) is 5.91 Å². The number of carbonyl (C=O) groups is 1. The molecule has 1 amide bonds. The summed E-state index contributed by atoms with van der Waals surface area (Å²) >= 11 is 0. The minimum Gasteiger partial charge on any atom is -0.379 e. The molecule has 1 aliphatic rings. The summed E-state index contributed by atoms with van der Waals surface area (Å²) in [4.78, 5) is 22.8. The van der Waals surface area contributed by atoms with Crippen molar-refractivity contribution in [1.82, 2.24) is 20.2 Å². The fourth-order valence-corrected chi connectivity index (χ4v) is 2.39. The van der Waals surface area contributed by atoms with Gasteiger partial charge in [-0.2, -0.15) is 0 Å². The number of anilines is 1. The van der Waals surface area contributed by atoms with E-state index in [4.69, 9.17) is 4.74 Å². The van der Waals surface area contributed by atoms with E-state index in [2.05, 4.69) is 32.4 Å². The molecule has 1 saturated heterocycles. The molecule has 1 aromatic heterocycles. The molecule has 7 heteroatoms. The molecule has 128 valence electrons. The highest BCUT2D eigenvalue weighted by Crippen LogP contribution is 2.02. The van der Waals surface area contributed by atoms with Crippen LogP contribution in [-0.4, -0.2) is 66.7 Å². The van der Waals surface area contributed by atoms with E-state index in [1.807, 2.05) is 0 Å². The van der Waals surface area contributed by atoms with Crippen LogP contribution < -0.4 is 10.6 Å². The number of aromatic nitrogens is 2. The zero-order valence-corrected chi connectivity index (χ0v) is 13.9. The predicted molar refractivity (Wildman–Crippen MR) is 89.6 cm³/mol. The molecule has 0 unspecified atom stereocenters. The zero-order chi connectivity index (χ0) is 16.3. The molecule has 7 nitrogen and oxygen atoms in total. The van der Waals surface area contributed by atoms with Gasteiger partial charge in [-0.15, -0.1) is 0 Å². The second-order valence-electron chi connectivity index (χ2n) is 5.61. The molecule has 0 aliphatic carbocycles. The van der Waals surface area contributed by atoms with Crippen LogP contribution in [0.3, 0.4) is 0 Å². The zero-order valence-electron chi connectivity index (χ0n) is 13.9. The maximum absolute atomic E-state index is 12.1. The number of nitrogens with zero attached hydrogens (tertiary/aromatic N) is 3. The molecule has 1 aliphatic heterocycles. The van der Waals surface area contributed by atoms with Gasteiger partial charge >= 0.3 is 0 Å². The number of hydrogen-bond acceptors (Lipinski definition) is 6. The number of ether oxygens (including phenoxy) is 1. The van der Waals surface area contributed by atoms with E-state index in [9.17, 15) is 4.79 Å². The van der Waals surface area contributed by atoms with Gasteiger partial charge in [-0.05, 0) is 12.5 Å². The summed E-state index contributed by atoms with van der Waals surface area (Å²) in [6, 6.07) is 1.64. The smallest absolute Gasteiger partial charge is 0.270 e. The molecular weight excluding hydrogens is 294 g/mol. The van der Waals surface area contributed by atoms with Crippen LogP contribution in [-0.2, 0) is 4.74 Å². The molecule has 0 bridgehead atoms. The molecule has 23 heavy (non-hydrogen) atoms. The molecule has 0 aromatic carbocycles. The van der Waals surface area contributed by atoms with Gasteiger partial charge in [-0.25, -0.2) is 9.97 Å². The average molecular weight is 321 g/mol. The average Bonchev–Trinajstić information content (AvgIpc) is 2.60. The second-order valence-corrected chi connectivity index (χ2v) is 5.61. The minimum absolute atomic E-state index is 0.155. The first-order chi connectivity index (χ1) is 11.3. The highest BCUT2D eigenvalue weighted by Gasteiger charge is 2.12. The molecule has 2 N–H and O–H groups in total. The summed E-state index contributed by atoms with van der Waals surface area (Å²) in [5.74, 6) is 0.360. The SMILES string of the molecule is CCCCCNc1nccc(C(=O)NCCN2CCOCC2)n1. The summed E-state index contributed by atoms with van der Waals surface area (Å²) in [7, 11) is 0. The van der Waals surface area contributed by atoms with Crippen LogP contribution in [0.1, 0.15) is 36.7 Å². The maximum atomic E-state index is 12.1. The van der Waals surface area contributed by atoms with Crippen LogP contribution >= 0.6 is 0 Å². The normalized spacial score (nSPS) is 15.3. The third-order valence-corrected chi connectivity index (χ3v) is 3.77. The monoisotopic (exact) mass is 321 g/mol. The lowest BCUT2D eigenvalue weighted by Crippen LogP contribution is -2.41. The van der Waals surface area contributed by atoms with E-state index in [1.165, 1.54) is 12.8 Å². The Morgan fingerprint density at radius 2 is 2.13 bits per heavy atom. The van der Waals surface area contributed by atoms with Gasteiger partial charge in [0, 0.05) is 38.9 Å². The van der Waals surface area contributed by atoms with Crippen LogP contribution in [0.25, 0.3) is 0 Å². The van der Waals surface area contributed by atoms with Crippen molar-refractivity contribution < 1.29 is 9.53 Å². The minimum atomic E-state index is -0.155. The Labute approximate surface area is 137 Å². The number of hydrogen-bond donors (Lipinski definition) is 2. The molecule has 0 spiro atoms. The highest BCUT2D eigenvalue weighted by atomic mass is 16.5. The van der Waals surface area contributed by atoms with Crippen molar-refractivity contribution in [2.75, 3.05) is 51.3 Å². The number of morpholine rings is 1. The van der Waals surface area contributed by atoms with Gasteiger partial charge in [0.1, 0.15) is 5.69 Å². The first-order valence-corrected chi connectivity index (χ1v) is 8.45. The molecule has 2 rings (SSSR count). The summed E-state index contributed by atoms with van der Waals surface area (Å²) in [6.07, 6.45) is 5.05. The Hall–Kier alpha value is -1.73. The van der Waals surface area contributed by atoms with Gasteiger partial charge < -0.3 is 15.4 Å². The van der Waals surface area contributed by atoms with Crippen LogP contribution in [0.4, 0.5) is 5.95 Å². The number of amides is 1. The Kier molecular flexibility index (Phi) is 7.75. The molecule has 0 radical (unpaired) electrons. The number of rotatable bonds is 9. The van der Waals surface area contributed by atoms with Crippen molar-refractivity contribution in [2.45, 2.75) is 26.2 Å². The van der Waals surface area contributed by atoms with E-state index >= 15 is 0 Å². The maximum Gasteiger partial charge on any atom is 0.270 e. The number of unbranched alkanes of at least 4 members (excludes halogenated alkanes) is 2. The van der Waals surface area contributed by atoms with E-state index in [0.29, 0.717) is 18.2 Å².